The third-order valence-corrected chi connectivity index (χ3v) is 3.47. The molecule has 2 N–H and O–H groups in total. The van der Waals surface area contributed by atoms with E-state index in [2.05, 4.69) is 0 Å². The quantitative estimate of drug-likeness (QED) is 0.764. The molecule has 0 fully saturated rings. The number of aromatic hydroxyl groups is 1. The minimum absolute atomic E-state index is 0.111. The number of hydrogen-bond donors (Lipinski definition) is 2. The molecule has 0 aliphatic rings. The van der Waals surface area contributed by atoms with Crippen LogP contribution in [0.2, 0.25) is 0 Å². The molecule has 2 aromatic carbocycles. The standard InChI is InChI=1S/C12H12O4S/c1-7-3-9-6-10(17(14,15)16)5-8(2)12(9)11(13)4-7/h3-6,13H,1-2H3,(H,14,15,16). The Balaban J connectivity index is 2.92. The predicted molar refractivity (Wildman–Crippen MR) is 64.9 cm³/mol. The number of hydrogen-bond acceptors (Lipinski definition) is 3. The fraction of sp³-hybridized carbons (Fsp3) is 0.167. The molecular formula is C12H12O4S. The van der Waals surface area contributed by atoms with Crippen LogP contribution < -0.4 is 0 Å². The van der Waals surface area contributed by atoms with Crippen molar-refractivity contribution in [3.05, 3.63) is 35.4 Å². The predicted octanol–water partition coefficient (Wildman–Crippen LogP) is 2.41. The van der Waals surface area contributed by atoms with Gasteiger partial charge in [0.1, 0.15) is 5.75 Å². The van der Waals surface area contributed by atoms with Crippen LogP contribution >= 0.6 is 0 Å². The average molecular weight is 252 g/mol. The third-order valence-electron chi connectivity index (χ3n) is 2.64. The maximum absolute atomic E-state index is 11.1. The monoisotopic (exact) mass is 252 g/mol. The van der Waals surface area contributed by atoms with E-state index in [1.807, 2.05) is 0 Å². The Hall–Kier alpha value is -1.59. The van der Waals surface area contributed by atoms with Crippen LogP contribution in [0.5, 0.6) is 5.75 Å². The Kier molecular flexibility index (Phi) is 2.60. The summed E-state index contributed by atoms with van der Waals surface area (Å²) in [6.45, 7) is 3.49. The number of fused-ring (bicyclic) bond motifs is 1. The number of phenolic OH excluding ortho intramolecular Hbond substituents is 1. The molecule has 90 valence electrons. The fourth-order valence-corrected chi connectivity index (χ4v) is 2.57. The van der Waals surface area contributed by atoms with Crippen molar-refractivity contribution in [2.24, 2.45) is 0 Å². The molecule has 0 atom stereocenters. The first-order valence-electron chi connectivity index (χ1n) is 5.00. The zero-order valence-corrected chi connectivity index (χ0v) is 10.2. The molecule has 0 aliphatic heterocycles. The van der Waals surface area contributed by atoms with Crippen molar-refractivity contribution in [1.29, 1.82) is 0 Å². The second kappa shape index (κ2) is 3.72. The number of aryl methyl sites for hydroxylation is 2. The number of phenols is 1. The van der Waals surface area contributed by atoms with E-state index in [9.17, 15) is 13.5 Å². The van der Waals surface area contributed by atoms with E-state index in [-0.39, 0.29) is 10.6 Å². The Morgan fingerprint density at radius 1 is 1.06 bits per heavy atom. The molecular weight excluding hydrogens is 240 g/mol. The van der Waals surface area contributed by atoms with Crippen molar-refractivity contribution in [3.8, 4) is 5.75 Å². The van der Waals surface area contributed by atoms with Gasteiger partial charge in [-0.2, -0.15) is 8.42 Å². The van der Waals surface area contributed by atoms with E-state index in [1.54, 1.807) is 26.0 Å². The molecule has 4 nitrogen and oxygen atoms in total. The van der Waals surface area contributed by atoms with Gasteiger partial charge in [-0.15, -0.1) is 0 Å². The van der Waals surface area contributed by atoms with Crippen LogP contribution in [0.4, 0.5) is 0 Å². The highest BCUT2D eigenvalue weighted by Crippen LogP contribution is 2.31. The molecule has 0 bridgehead atoms. The molecule has 17 heavy (non-hydrogen) atoms. The summed E-state index contributed by atoms with van der Waals surface area (Å²) in [6.07, 6.45) is 0. The summed E-state index contributed by atoms with van der Waals surface area (Å²) in [5.74, 6) is 0.111. The van der Waals surface area contributed by atoms with Gasteiger partial charge in [0.05, 0.1) is 4.90 Å². The summed E-state index contributed by atoms with van der Waals surface area (Å²) in [6, 6.07) is 6.07. The van der Waals surface area contributed by atoms with Crippen LogP contribution in [0.15, 0.2) is 29.2 Å². The van der Waals surface area contributed by atoms with Crippen molar-refractivity contribution in [3.63, 3.8) is 0 Å². The van der Waals surface area contributed by atoms with Gasteiger partial charge in [-0.1, -0.05) is 6.07 Å². The smallest absolute Gasteiger partial charge is 0.294 e. The highest BCUT2D eigenvalue weighted by Gasteiger charge is 2.13. The van der Waals surface area contributed by atoms with Gasteiger partial charge in [-0.25, -0.2) is 0 Å². The lowest BCUT2D eigenvalue weighted by Gasteiger charge is -2.08. The maximum Gasteiger partial charge on any atom is 0.294 e. The molecule has 0 aliphatic carbocycles. The summed E-state index contributed by atoms with van der Waals surface area (Å²) in [7, 11) is -4.22. The Morgan fingerprint density at radius 2 is 1.71 bits per heavy atom. The van der Waals surface area contributed by atoms with E-state index < -0.39 is 10.1 Å². The van der Waals surface area contributed by atoms with E-state index in [0.29, 0.717) is 16.3 Å². The second-order valence-corrected chi connectivity index (χ2v) is 5.52. The van der Waals surface area contributed by atoms with E-state index >= 15 is 0 Å². The molecule has 0 heterocycles. The molecule has 0 spiro atoms. The molecule has 5 heteroatoms. The first-order valence-corrected chi connectivity index (χ1v) is 6.44. The van der Waals surface area contributed by atoms with Crippen LogP contribution in [-0.2, 0) is 10.1 Å². The summed E-state index contributed by atoms with van der Waals surface area (Å²) in [4.78, 5) is -0.160. The lowest BCUT2D eigenvalue weighted by molar-refractivity contribution is 0.479. The van der Waals surface area contributed by atoms with E-state index in [0.717, 1.165) is 5.56 Å². The highest BCUT2D eigenvalue weighted by molar-refractivity contribution is 7.85. The molecule has 0 radical (unpaired) electrons. The van der Waals surface area contributed by atoms with Gasteiger partial charge in [-0.3, -0.25) is 4.55 Å². The van der Waals surface area contributed by atoms with E-state index in [4.69, 9.17) is 4.55 Å². The minimum atomic E-state index is -4.22. The van der Waals surface area contributed by atoms with Crippen molar-refractivity contribution >= 4 is 20.9 Å². The SMILES string of the molecule is Cc1cc(O)c2c(C)cc(S(=O)(=O)O)cc2c1. The zero-order chi connectivity index (χ0) is 12.8. The summed E-state index contributed by atoms with van der Waals surface area (Å²) >= 11 is 0. The van der Waals surface area contributed by atoms with Gasteiger partial charge in [0.25, 0.3) is 10.1 Å². The van der Waals surface area contributed by atoms with Crippen LogP contribution in [0, 0.1) is 13.8 Å². The first kappa shape index (κ1) is 11.9. The van der Waals surface area contributed by atoms with Crippen molar-refractivity contribution in [2.75, 3.05) is 0 Å². The molecule has 0 unspecified atom stereocenters. The molecule has 2 aromatic rings. The summed E-state index contributed by atoms with van der Waals surface area (Å²) < 4.78 is 31.2. The molecule has 0 amide bonds. The second-order valence-electron chi connectivity index (χ2n) is 4.10. The highest BCUT2D eigenvalue weighted by atomic mass is 32.2. The Morgan fingerprint density at radius 3 is 2.29 bits per heavy atom. The van der Waals surface area contributed by atoms with Crippen molar-refractivity contribution < 1.29 is 18.1 Å². The van der Waals surface area contributed by atoms with Crippen LogP contribution in [0.1, 0.15) is 11.1 Å². The van der Waals surface area contributed by atoms with Crippen LogP contribution in [0.25, 0.3) is 10.8 Å². The average Bonchev–Trinajstić information content (AvgIpc) is 2.13. The van der Waals surface area contributed by atoms with E-state index in [1.165, 1.54) is 12.1 Å². The molecule has 0 saturated heterocycles. The van der Waals surface area contributed by atoms with Gasteiger partial charge in [0.2, 0.25) is 0 Å². The fourth-order valence-electron chi connectivity index (χ4n) is 1.97. The van der Waals surface area contributed by atoms with Gasteiger partial charge in [-0.05, 0) is 48.6 Å². The maximum atomic E-state index is 11.1. The zero-order valence-electron chi connectivity index (χ0n) is 9.43. The van der Waals surface area contributed by atoms with Crippen molar-refractivity contribution in [1.82, 2.24) is 0 Å². The lowest BCUT2D eigenvalue weighted by Crippen LogP contribution is -1.99. The topological polar surface area (TPSA) is 74.6 Å². The first-order chi connectivity index (χ1) is 7.79. The van der Waals surface area contributed by atoms with Crippen LogP contribution in [0.3, 0.4) is 0 Å². The van der Waals surface area contributed by atoms with Gasteiger partial charge < -0.3 is 5.11 Å². The Labute approximate surface area is 99.3 Å². The summed E-state index contributed by atoms with van der Waals surface area (Å²) in [5.41, 5.74) is 1.43. The van der Waals surface area contributed by atoms with Gasteiger partial charge >= 0.3 is 0 Å². The minimum Gasteiger partial charge on any atom is -0.507 e. The number of benzene rings is 2. The molecule has 0 saturated carbocycles. The lowest BCUT2D eigenvalue weighted by atomic mass is 10.0. The normalized spacial score (nSPS) is 11.9. The Bertz CT molecular complexity index is 702. The molecule has 0 aromatic heterocycles. The van der Waals surface area contributed by atoms with Gasteiger partial charge in [0, 0.05) is 5.39 Å². The summed E-state index contributed by atoms with van der Waals surface area (Å²) in [5, 5.41) is 11.0. The third kappa shape index (κ3) is 2.11. The molecule has 2 rings (SSSR count). The van der Waals surface area contributed by atoms with Crippen molar-refractivity contribution in [2.45, 2.75) is 18.7 Å². The number of rotatable bonds is 1. The van der Waals surface area contributed by atoms with Crippen LogP contribution in [-0.4, -0.2) is 18.1 Å². The van der Waals surface area contributed by atoms with Gasteiger partial charge in [0.15, 0.2) is 0 Å². The largest absolute Gasteiger partial charge is 0.507 e.